The number of amides is 1. The molecule has 2 rings (SSSR count). The summed E-state index contributed by atoms with van der Waals surface area (Å²) in [5.74, 6) is 1.21. The molecule has 2 fully saturated rings. The maximum Gasteiger partial charge on any atom is 0.222 e. The van der Waals surface area contributed by atoms with E-state index in [0.29, 0.717) is 18.5 Å². The summed E-state index contributed by atoms with van der Waals surface area (Å²) in [6.45, 7) is 1.67. The monoisotopic (exact) mass is 252 g/mol. The summed E-state index contributed by atoms with van der Waals surface area (Å²) in [7, 11) is 0. The van der Waals surface area contributed by atoms with Gasteiger partial charge in [0.25, 0.3) is 0 Å². The van der Waals surface area contributed by atoms with Crippen molar-refractivity contribution in [2.75, 3.05) is 13.1 Å². The van der Waals surface area contributed by atoms with Crippen LogP contribution in [0.3, 0.4) is 0 Å². The number of likely N-dealkylation sites (tertiary alicyclic amines) is 1. The molecule has 1 heterocycles. The van der Waals surface area contributed by atoms with Gasteiger partial charge in [-0.3, -0.25) is 4.79 Å². The molecule has 2 aliphatic rings. The fraction of sp³-hybridized carbons (Fsp3) is 0.933. The molecule has 1 aliphatic heterocycles. The first-order valence-electron chi connectivity index (χ1n) is 7.81. The molecule has 0 aromatic rings. The molecule has 1 saturated carbocycles. The molecule has 0 aromatic heterocycles. The van der Waals surface area contributed by atoms with Gasteiger partial charge in [0.05, 0.1) is 0 Å². The molecule has 0 aromatic carbocycles. The summed E-state index contributed by atoms with van der Waals surface area (Å²) >= 11 is 0. The molecule has 0 bridgehead atoms. The normalized spacial score (nSPS) is 25.6. The van der Waals surface area contributed by atoms with Crippen LogP contribution in [0.25, 0.3) is 0 Å². The Morgan fingerprint density at radius 1 is 1.06 bits per heavy atom. The summed E-state index contributed by atoms with van der Waals surface area (Å²) in [6.07, 6.45) is 11.9. The van der Waals surface area contributed by atoms with Crippen molar-refractivity contribution in [1.29, 1.82) is 0 Å². The Balaban J connectivity index is 1.77. The number of hydrogen-bond acceptors (Lipinski definition) is 2. The predicted molar refractivity (Wildman–Crippen MR) is 74.2 cm³/mol. The molecule has 1 unspecified atom stereocenters. The summed E-state index contributed by atoms with van der Waals surface area (Å²) in [5, 5.41) is 0. The van der Waals surface area contributed by atoms with Crippen LogP contribution >= 0.6 is 0 Å². The highest BCUT2D eigenvalue weighted by Gasteiger charge is 2.26. The zero-order valence-corrected chi connectivity index (χ0v) is 11.6. The van der Waals surface area contributed by atoms with Crippen LogP contribution in [0.15, 0.2) is 0 Å². The van der Waals surface area contributed by atoms with Crippen molar-refractivity contribution in [2.45, 2.75) is 70.3 Å². The third kappa shape index (κ3) is 3.71. The summed E-state index contributed by atoms with van der Waals surface area (Å²) in [4.78, 5) is 14.5. The number of nitrogens with zero attached hydrogens (tertiary/aromatic N) is 1. The first-order valence-corrected chi connectivity index (χ1v) is 7.81. The van der Waals surface area contributed by atoms with Gasteiger partial charge in [-0.05, 0) is 44.6 Å². The van der Waals surface area contributed by atoms with Crippen LogP contribution in [0.1, 0.15) is 64.2 Å². The van der Waals surface area contributed by atoms with E-state index in [-0.39, 0.29) is 0 Å². The highest BCUT2D eigenvalue weighted by atomic mass is 16.2. The Bertz CT molecular complexity index is 259. The minimum absolute atomic E-state index is 0.389. The Labute approximate surface area is 111 Å². The Morgan fingerprint density at radius 3 is 2.50 bits per heavy atom. The number of piperidine rings is 1. The highest BCUT2D eigenvalue weighted by molar-refractivity contribution is 5.76. The van der Waals surface area contributed by atoms with Gasteiger partial charge < -0.3 is 10.6 Å². The van der Waals surface area contributed by atoms with Gasteiger partial charge in [0.15, 0.2) is 0 Å². The number of hydrogen-bond donors (Lipinski definition) is 1. The lowest BCUT2D eigenvalue weighted by molar-refractivity contribution is -0.135. The van der Waals surface area contributed by atoms with E-state index in [2.05, 4.69) is 4.90 Å². The Hall–Kier alpha value is -0.570. The zero-order chi connectivity index (χ0) is 12.8. The zero-order valence-electron chi connectivity index (χ0n) is 11.6. The van der Waals surface area contributed by atoms with E-state index < -0.39 is 0 Å². The van der Waals surface area contributed by atoms with Gasteiger partial charge in [0, 0.05) is 19.0 Å². The van der Waals surface area contributed by atoms with Gasteiger partial charge in [0.1, 0.15) is 0 Å². The van der Waals surface area contributed by atoms with Gasteiger partial charge in [0.2, 0.25) is 5.91 Å². The number of nitrogens with two attached hydrogens (primary N) is 1. The van der Waals surface area contributed by atoms with E-state index in [1.54, 1.807) is 0 Å². The van der Waals surface area contributed by atoms with Crippen LogP contribution in [-0.2, 0) is 4.79 Å². The first-order chi connectivity index (χ1) is 8.81. The number of carbonyl (C=O) groups excluding carboxylic acids is 1. The van der Waals surface area contributed by atoms with Crippen molar-refractivity contribution < 1.29 is 4.79 Å². The summed E-state index contributed by atoms with van der Waals surface area (Å²) in [5.41, 5.74) is 5.66. The maximum absolute atomic E-state index is 12.3. The quantitative estimate of drug-likeness (QED) is 0.817. The molecule has 3 heteroatoms. The molecule has 18 heavy (non-hydrogen) atoms. The highest BCUT2D eigenvalue weighted by Crippen LogP contribution is 2.29. The van der Waals surface area contributed by atoms with E-state index in [4.69, 9.17) is 5.73 Å². The van der Waals surface area contributed by atoms with Crippen LogP contribution in [0.4, 0.5) is 0 Å². The number of rotatable bonds is 5. The third-order valence-corrected chi connectivity index (χ3v) is 4.69. The molecule has 0 radical (unpaired) electrons. The lowest BCUT2D eigenvalue weighted by Gasteiger charge is -2.36. The van der Waals surface area contributed by atoms with Crippen LogP contribution in [-0.4, -0.2) is 29.9 Å². The van der Waals surface area contributed by atoms with Crippen LogP contribution in [0.2, 0.25) is 0 Å². The molecule has 1 atom stereocenters. The summed E-state index contributed by atoms with van der Waals surface area (Å²) in [6, 6.07) is 0.430. The van der Waals surface area contributed by atoms with Crippen molar-refractivity contribution >= 4 is 5.91 Å². The van der Waals surface area contributed by atoms with E-state index in [1.807, 2.05) is 0 Å². The van der Waals surface area contributed by atoms with Gasteiger partial charge in [-0.1, -0.05) is 25.7 Å². The van der Waals surface area contributed by atoms with Gasteiger partial charge in [-0.2, -0.15) is 0 Å². The number of carbonyl (C=O) groups is 1. The van der Waals surface area contributed by atoms with E-state index in [9.17, 15) is 4.79 Å². The molecule has 1 amide bonds. The van der Waals surface area contributed by atoms with Gasteiger partial charge in [-0.25, -0.2) is 0 Å². The Kier molecular flexibility index (Phi) is 5.48. The van der Waals surface area contributed by atoms with E-state index in [1.165, 1.54) is 38.5 Å². The standard InChI is InChI=1S/C15H28N2O/c16-11-10-14-7-3-4-12-17(14)15(18)9-8-13-5-1-2-6-13/h13-14H,1-12,16H2. The van der Waals surface area contributed by atoms with Crippen LogP contribution in [0.5, 0.6) is 0 Å². The molecule has 3 nitrogen and oxygen atoms in total. The first kappa shape index (κ1) is 13.9. The molecular weight excluding hydrogens is 224 g/mol. The van der Waals surface area contributed by atoms with Crippen molar-refractivity contribution in [3.8, 4) is 0 Å². The second-order valence-corrected chi connectivity index (χ2v) is 6.00. The molecule has 1 aliphatic carbocycles. The lowest BCUT2D eigenvalue weighted by Crippen LogP contribution is -2.44. The molecular formula is C15H28N2O. The van der Waals surface area contributed by atoms with Crippen molar-refractivity contribution in [1.82, 2.24) is 4.90 Å². The predicted octanol–water partition coefficient (Wildman–Crippen LogP) is 2.69. The van der Waals surface area contributed by atoms with Crippen molar-refractivity contribution in [2.24, 2.45) is 11.7 Å². The fourth-order valence-corrected chi connectivity index (χ4v) is 3.59. The molecule has 0 spiro atoms. The average Bonchev–Trinajstić information content (AvgIpc) is 2.90. The maximum atomic E-state index is 12.3. The smallest absolute Gasteiger partial charge is 0.222 e. The minimum atomic E-state index is 0.389. The average molecular weight is 252 g/mol. The summed E-state index contributed by atoms with van der Waals surface area (Å²) < 4.78 is 0. The van der Waals surface area contributed by atoms with Gasteiger partial charge in [-0.15, -0.1) is 0 Å². The topological polar surface area (TPSA) is 46.3 Å². The largest absolute Gasteiger partial charge is 0.340 e. The molecule has 104 valence electrons. The van der Waals surface area contributed by atoms with Crippen LogP contribution in [0, 0.1) is 5.92 Å². The SMILES string of the molecule is NCCC1CCCCN1C(=O)CCC1CCCC1. The second kappa shape index (κ2) is 7.13. The Morgan fingerprint density at radius 2 is 1.78 bits per heavy atom. The minimum Gasteiger partial charge on any atom is -0.340 e. The third-order valence-electron chi connectivity index (χ3n) is 4.69. The van der Waals surface area contributed by atoms with Gasteiger partial charge >= 0.3 is 0 Å². The molecule has 1 saturated heterocycles. The van der Waals surface area contributed by atoms with E-state index >= 15 is 0 Å². The second-order valence-electron chi connectivity index (χ2n) is 6.00. The van der Waals surface area contributed by atoms with Crippen LogP contribution < -0.4 is 5.73 Å². The van der Waals surface area contributed by atoms with Crippen molar-refractivity contribution in [3.63, 3.8) is 0 Å². The fourth-order valence-electron chi connectivity index (χ4n) is 3.59. The van der Waals surface area contributed by atoms with Crippen molar-refractivity contribution in [3.05, 3.63) is 0 Å². The van der Waals surface area contributed by atoms with E-state index in [0.717, 1.165) is 38.1 Å². The molecule has 2 N–H and O–H groups in total. The lowest BCUT2D eigenvalue weighted by atomic mass is 9.97.